The zero-order valence-corrected chi connectivity index (χ0v) is 17.3. The molecule has 0 radical (unpaired) electrons. The summed E-state index contributed by atoms with van der Waals surface area (Å²) < 4.78 is 26.1. The molecule has 2 aromatic rings. The van der Waals surface area contributed by atoms with Gasteiger partial charge in [0.25, 0.3) is 0 Å². The second-order valence-corrected chi connectivity index (χ2v) is 7.96. The smallest absolute Gasteiger partial charge is 0.318 e. The first-order chi connectivity index (χ1) is 14.5. The third-order valence-electron chi connectivity index (χ3n) is 5.57. The number of carbonyl (C=O) groups excluding carboxylic acids is 1. The molecule has 0 spiro atoms. The first-order valence-electron chi connectivity index (χ1n) is 10.5. The normalized spacial score (nSPS) is 19.8. The molecule has 2 heterocycles. The molecule has 7 nitrogen and oxygen atoms in total. The summed E-state index contributed by atoms with van der Waals surface area (Å²) in [6, 6.07) is 7.85. The number of rotatable bonds is 7. The summed E-state index contributed by atoms with van der Waals surface area (Å²) in [7, 11) is 0. The van der Waals surface area contributed by atoms with Crippen molar-refractivity contribution in [3.8, 4) is 11.8 Å². The van der Waals surface area contributed by atoms with Crippen molar-refractivity contribution >= 4 is 11.7 Å². The maximum absolute atomic E-state index is 14.3. The Balaban J connectivity index is 1.35. The zero-order valence-electron chi connectivity index (χ0n) is 17.3. The van der Waals surface area contributed by atoms with Crippen LogP contribution in [0.3, 0.4) is 0 Å². The molecule has 0 bridgehead atoms. The Kier molecular flexibility index (Phi) is 6.01. The number of aromatic nitrogens is 2. The molecule has 1 aliphatic heterocycles. The van der Waals surface area contributed by atoms with Crippen LogP contribution in [0.5, 0.6) is 11.8 Å². The van der Waals surface area contributed by atoms with Crippen molar-refractivity contribution < 1.29 is 18.7 Å². The van der Waals surface area contributed by atoms with Gasteiger partial charge in [0, 0.05) is 19.9 Å². The summed E-state index contributed by atoms with van der Waals surface area (Å²) in [4.78, 5) is 21.3. The summed E-state index contributed by atoms with van der Waals surface area (Å²) >= 11 is 0. The third-order valence-corrected chi connectivity index (χ3v) is 5.57. The second kappa shape index (κ2) is 8.85. The van der Waals surface area contributed by atoms with Gasteiger partial charge < -0.3 is 19.7 Å². The maximum atomic E-state index is 14.3. The highest BCUT2D eigenvalue weighted by Gasteiger charge is 2.28. The van der Waals surface area contributed by atoms with Crippen LogP contribution >= 0.6 is 0 Å². The summed E-state index contributed by atoms with van der Waals surface area (Å²) in [6.45, 7) is 4.63. The molecular formula is C22H27FN4O3. The molecule has 160 valence electrons. The van der Waals surface area contributed by atoms with Gasteiger partial charge in [0.15, 0.2) is 11.6 Å². The summed E-state index contributed by atoms with van der Waals surface area (Å²) in [5, 5.41) is 2.86. The lowest BCUT2D eigenvalue weighted by Gasteiger charge is -2.25. The van der Waals surface area contributed by atoms with E-state index in [1.54, 1.807) is 0 Å². The fraction of sp³-hybridized carbons (Fsp3) is 0.500. The molecule has 1 aliphatic carbocycles. The molecular weight excluding hydrogens is 387 g/mol. The van der Waals surface area contributed by atoms with Crippen molar-refractivity contribution in [3.05, 3.63) is 41.8 Å². The SMILES string of the molecule is CC(=O)N[C@@H](C)c1ccc(O[C@@H]2CCN(c3nc(OC4CCC4)ncc3F)C2)cc1. The highest BCUT2D eigenvalue weighted by atomic mass is 19.1. The van der Waals surface area contributed by atoms with Gasteiger partial charge in [-0.05, 0) is 43.9 Å². The van der Waals surface area contributed by atoms with Crippen molar-refractivity contribution in [2.24, 2.45) is 0 Å². The minimum Gasteiger partial charge on any atom is -0.489 e. The Bertz CT molecular complexity index is 888. The van der Waals surface area contributed by atoms with Gasteiger partial charge in [-0.15, -0.1) is 0 Å². The number of halogens is 1. The zero-order chi connectivity index (χ0) is 21.1. The molecule has 2 atom stereocenters. The van der Waals surface area contributed by atoms with Gasteiger partial charge in [-0.25, -0.2) is 9.37 Å². The van der Waals surface area contributed by atoms with Crippen molar-refractivity contribution in [3.63, 3.8) is 0 Å². The minimum absolute atomic E-state index is 0.0596. The van der Waals surface area contributed by atoms with E-state index in [-0.39, 0.29) is 36.0 Å². The van der Waals surface area contributed by atoms with E-state index in [4.69, 9.17) is 9.47 Å². The Morgan fingerprint density at radius 1 is 1.20 bits per heavy atom. The van der Waals surface area contributed by atoms with Gasteiger partial charge in [0.1, 0.15) is 18.0 Å². The largest absolute Gasteiger partial charge is 0.489 e. The first kappa shape index (κ1) is 20.4. The Morgan fingerprint density at radius 2 is 1.97 bits per heavy atom. The number of hydrogen-bond acceptors (Lipinski definition) is 6. The average Bonchev–Trinajstić information content (AvgIpc) is 3.14. The van der Waals surface area contributed by atoms with Crippen LogP contribution in [0.25, 0.3) is 0 Å². The van der Waals surface area contributed by atoms with Gasteiger partial charge in [-0.2, -0.15) is 4.98 Å². The molecule has 2 aliphatic rings. The molecule has 0 unspecified atom stereocenters. The van der Waals surface area contributed by atoms with Crippen LogP contribution in [0.15, 0.2) is 30.5 Å². The van der Waals surface area contributed by atoms with E-state index in [2.05, 4.69) is 15.3 Å². The van der Waals surface area contributed by atoms with E-state index in [0.717, 1.165) is 37.0 Å². The Morgan fingerprint density at radius 3 is 2.63 bits per heavy atom. The van der Waals surface area contributed by atoms with E-state index in [9.17, 15) is 9.18 Å². The quantitative estimate of drug-likeness (QED) is 0.748. The number of ether oxygens (including phenoxy) is 2. The molecule has 1 aromatic heterocycles. The third kappa shape index (κ3) is 4.80. The highest BCUT2D eigenvalue weighted by Crippen LogP contribution is 2.28. The lowest BCUT2D eigenvalue weighted by molar-refractivity contribution is -0.119. The van der Waals surface area contributed by atoms with Crippen LogP contribution in [0.2, 0.25) is 0 Å². The molecule has 4 rings (SSSR count). The van der Waals surface area contributed by atoms with Crippen LogP contribution in [0, 0.1) is 5.82 Å². The van der Waals surface area contributed by atoms with E-state index >= 15 is 0 Å². The van der Waals surface area contributed by atoms with E-state index in [1.807, 2.05) is 36.1 Å². The van der Waals surface area contributed by atoms with Gasteiger partial charge in [0.2, 0.25) is 5.91 Å². The fourth-order valence-electron chi connectivity index (χ4n) is 3.69. The van der Waals surface area contributed by atoms with E-state index in [0.29, 0.717) is 13.1 Å². The van der Waals surface area contributed by atoms with Crippen molar-refractivity contribution in [1.82, 2.24) is 15.3 Å². The topological polar surface area (TPSA) is 76.6 Å². The van der Waals surface area contributed by atoms with Crippen LogP contribution in [0.1, 0.15) is 51.1 Å². The summed E-state index contributed by atoms with van der Waals surface area (Å²) in [5.41, 5.74) is 1.01. The van der Waals surface area contributed by atoms with Crippen molar-refractivity contribution in [2.75, 3.05) is 18.0 Å². The van der Waals surface area contributed by atoms with E-state index < -0.39 is 5.82 Å². The van der Waals surface area contributed by atoms with Crippen LogP contribution in [-0.4, -0.2) is 41.2 Å². The van der Waals surface area contributed by atoms with Crippen LogP contribution in [0.4, 0.5) is 10.2 Å². The van der Waals surface area contributed by atoms with Gasteiger partial charge >= 0.3 is 6.01 Å². The molecule has 30 heavy (non-hydrogen) atoms. The predicted molar refractivity (Wildman–Crippen MR) is 110 cm³/mol. The van der Waals surface area contributed by atoms with Gasteiger partial charge in [0.05, 0.1) is 18.8 Å². The van der Waals surface area contributed by atoms with E-state index in [1.165, 1.54) is 13.1 Å². The molecule has 8 heteroatoms. The monoisotopic (exact) mass is 414 g/mol. The summed E-state index contributed by atoms with van der Waals surface area (Å²) in [6.07, 6.45) is 5.18. The predicted octanol–water partition coefficient (Wildman–Crippen LogP) is 3.40. The Labute approximate surface area is 175 Å². The highest BCUT2D eigenvalue weighted by molar-refractivity contribution is 5.73. The number of anilines is 1. The lowest BCUT2D eigenvalue weighted by Crippen LogP contribution is -2.28. The second-order valence-electron chi connectivity index (χ2n) is 7.96. The van der Waals surface area contributed by atoms with Crippen LogP contribution in [-0.2, 0) is 4.79 Å². The van der Waals surface area contributed by atoms with Crippen LogP contribution < -0.4 is 19.7 Å². The number of nitrogens with one attached hydrogen (secondary N) is 1. The molecule has 1 saturated heterocycles. The minimum atomic E-state index is -0.451. The van der Waals surface area contributed by atoms with Gasteiger partial charge in [-0.3, -0.25) is 4.79 Å². The molecule has 1 aromatic carbocycles. The molecule has 1 N–H and O–H groups in total. The molecule has 1 saturated carbocycles. The average molecular weight is 414 g/mol. The standard InChI is InChI=1S/C22H27FN4O3/c1-14(25-15(2)28)16-6-8-18(9-7-16)29-19-10-11-27(13-19)21-20(23)12-24-22(26-21)30-17-4-3-5-17/h6-9,12,14,17,19H,3-5,10-11,13H2,1-2H3,(H,25,28)/t14-,19+/m0/s1. The number of carbonyl (C=O) groups is 1. The number of hydrogen-bond donors (Lipinski definition) is 1. The number of benzene rings is 1. The Hall–Kier alpha value is -2.90. The molecule has 2 fully saturated rings. The van der Waals surface area contributed by atoms with Crippen molar-refractivity contribution in [1.29, 1.82) is 0 Å². The molecule has 1 amide bonds. The lowest BCUT2D eigenvalue weighted by atomic mass is 9.96. The number of nitrogens with zero attached hydrogens (tertiary/aromatic N) is 3. The summed E-state index contributed by atoms with van der Waals surface area (Å²) in [5.74, 6) is 0.502. The van der Waals surface area contributed by atoms with Crippen molar-refractivity contribution in [2.45, 2.75) is 57.8 Å². The number of amides is 1. The van der Waals surface area contributed by atoms with Gasteiger partial charge in [-0.1, -0.05) is 12.1 Å². The first-order valence-corrected chi connectivity index (χ1v) is 10.5. The fourth-order valence-corrected chi connectivity index (χ4v) is 3.69. The maximum Gasteiger partial charge on any atom is 0.318 e.